The summed E-state index contributed by atoms with van der Waals surface area (Å²) in [4.78, 5) is 37.1. The monoisotopic (exact) mass is 343 g/mol. The molecule has 24 heavy (non-hydrogen) atoms. The number of carbonyl (C=O) groups excluding carboxylic acids is 2. The van der Waals surface area contributed by atoms with Crippen LogP contribution in [0.1, 0.15) is 26.3 Å². The fourth-order valence-electron chi connectivity index (χ4n) is 1.79. The zero-order valence-electron chi connectivity index (χ0n) is 13.7. The fraction of sp³-hybridized carbons (Fsp3) is 0.500. The van der Waals surface area contributed by atoms with E-state index in [0.717, 1.165) is 13.2 Å². The first-order chi connectivity index (χ1) is 11.0. The number of pyridine rings is 1. The van der Waals surface area contributed by atoms with Gasteiger partial charge in [0, 0.05) is 6.42 Å². The van der Waals surface area contributed by atoms with Gasteiger partial charge >= 0.3 is 17.9 Å². The van der Waals surface area contributed by atoms with Crippen LogP contribution in [-0.4, -0.2) is 40.7 Å². The van der Waals surface area contributed by atoms with Crippen LogP contribution in [0.15, 0.2) is 12.3 Å². The summed E-state index contributed by atoms with van der Waals surface area (Å²) < 4.78 is 22.9. The van der Waals surface area contributed by atoms with Crippen molar-refractivity contribution < 1.29 is 28.4 Å². The molecule has 0 spiro atoms. The van der Waals surface area contributed by atoms with Crippen LogP contribution >= 0.6 is 0 Å². The summed E-state index contributed by atoms with van der Waals surface area (Å²) in [7, 11) is 1.09. The van der Waals surface area contributed by atoms with Crippen LogP contribution in [0.3, 0.4) is 0 Å². The van der Waals surface area contributed by atoms with Crippen molar-refractivity contribution in [2.45, 2.75) is 38.8 Å². The summed E-state index contributed by atoms with van der Waals surface area (Å²) in [5, 5.41) is 13.2. The smallest absolute Gasteiger partial charge is 0.408 e. The third kappa shape index (κ3) is 5.78. The molecule has 0 aliphatic rings. The van der Waals surface area contributed by atoms with E-state index in [4.69, 9.17) is 4.74 Å². The van der Waals surface area contributed by atoms with Gasteiger partial charge in [0.15, 0.2) is 12.0 Å². The molecule has 1 N–H and O–H groups in total. The molecular weight excluding hydrogens is 325 g/mol. The molecule has 0 fully saturated rings. The number of aromatic nitrogens is 1. The molecule has 0 unspecified atom stereocenters. The van der Waals surface area contributed by atoms with Crippen molar-refractivity contribution in [1.82, 2.24) is 10.3 Å². The van der Waals surface area contributed by atoms with Gasteiger partial charge in [0.25, 0.3) is 0 Å². The van der Waals surface area contributed by atoms with E-state index in [-0.39, 0.29) is 12.0 Å². The van der Waals surface area contributed by atoms with Crippen LogP contribution in [0.4, 0.5) is 15.0 Å². The molecule has 0 aliphatic carbocycles. The number of amides is 1. The second kappa shape index (κ2) is 7.66. The maximum absolute atomic E-state index is 13.3. The Bertz CT molecular complexity index is 644. The van der Waals surface area contributed by atoms with E-state index in [1.165, 1.54) is 0 Å². The van der Waals surface area contributed by atoms with Crippen LogP contribution in [0.2, 0.25) is 0 Å². The van der Waals surface area contributed by atoms with E-state index in [0.29, 0.717) is 6.20 Å². The molecule has 0 saturated heterocycles. The van der Waals surface area contributed by atoms with Crippen molar-refractivity contribution >= 4 is 17.9 Å². The molecule has 0 aliphatic heterocycles. The van der Waals surface area contributed by atoms with Crippen molar-refractivity contribution in [1.29, 1.82) is 0 Å². The van der Waals surface area contributed by atoms with E-state index < -0.39 is 40.3 Å². The Morgan fingerprint density at radius 3 is 2.58 bits per heavy atom. The Morgan fingerprint density at radius 1 is 1.46 bits per heavy atom. The van der Waals surface area contributed by atoms with Gasteiger partial charge in [0.1, 0.15) is 11.6 Å². The first-order valence-corrected chi connectivity index (χ1v) is 6.89. The molecule has 10 heteroatoms. The second-order valence-corrected chi connectivity index (χ2v) is 5.82. The molecule has 1 aromatic heterocycles. The van der Waals surface area contributed by atoms with Crippen LogP contribution in [0, 0.1) is 15.9 Å². The summed E-state index contributed by atoms with van der Waals surface area (Å²) in [5.74, 6) is -2.29. The summed E-state index contributed by atoms with van der Waals surface area (Å²) >= 11 is 0. The molecule has 1 aromatic rings. The Hall–Kier alpha value is -2.78. The minimum Gasteiger partial charge on any atom is -0.467 e. The molecular formula is C14H18FN3O6. The first kappa shape index (κ1) is 19.3. The van der Waals surface area contributed by atoms with Gasteiger partial charge in [0.05, 0.1) is 12.7 Å². The molecule has 0 aromatic carbocycles. The highest BCUT2D eigenvalue weighted by atomic mass is 19.1. The van der Waals surface area contributed by atoms with Crippen molar-refractivity contribution in [3.05, 3.63) is 33.8 Å². The van der Waals surface area contributed by atoms with Gasteiger partial charge in [-0.3, -0.25) is 0 Å². The number of nitrogens with one attached hydrogen (secondary N) is 1. The number of rotatable bonds is 5. The van der Waals surface area contributed by atoms with Crippen molar-refractivity contribution in [2.75, 3.05) is 7.11 Å². The maximum Gasteiger partial charge on any atom is 0.408 e. The molecule has 9 nitrogen and oxygen atoms in total. The van der Waals surface area contributed by atoms with Gasteiger partial charge in [0.2, 0.25) is 0 Å². The number of nitro groups is 1. The van der Waals surface area contributed by atoms with Crippen molar-refractivity contribution in [3.8, 4) is 0 Å². The van der Waals surface area contributed by atoms with E-state index in [1.807, 2.05) is 0 Å². The molecule has 1 heterocycles. The molecule has 1 rings (SSSR count). The number of esters is 1. The van der Waals surface area contributed by atoms with E-state index in [2.05, 4.69) is 15.0 Å². The van der Waals surface area contributed by atoms with Crippen LogP contribution in [0.5, 0.6) is 0 Å². The molecule has 132 valence electrons. The number of nitrogens with zero attached hydrogens (tertiary/aromatic N) is 2. The first-order valence-electron chi connectivity index (χ1n) is 6.89. The lowest BCUT2D eigenvalue weighted by atomic mass is 10.1. The lowest BCUT2D eigenvalue weighted by Gasteiger charge is -2.22. The lowest BCUT2D eigenvalue weighted by Crippen LogP contribution is -2.45. The predicted octanol–water partition coefficient (Wildman–Crippen LogP) is 1.74. The lowest BCUT2D eigenvalue weighted by molar-refractivity contribution is -0.390. The normalized spacial score (nSPS) is 12.2. The molecule has 1 amide bonds. The molecule has 0 saturated carbocycles. The summed E-state index contributed by atoms with van der Waals surface area (Å²) in [6.45, 7) is 4.88. The Balaban J connectivity index is 3.03. The number of alkyl carbamates (subject to hydrolysis) is 1. The Morgan fingerprint density at radius 2 is 2.08 bits per heavy atom. The molecule has 0 radical (unpaired) electrons. The molecule has 0 bridgehead atoms. The highest BCUT2D eigenvalue weighted by molar-refractivity contribution is 5.81. The summed E-state index contributed by atoms with van der Waals surface area (Å²) in [5.41, 5.74) is -0.969. The zero-order chi connectivity index (χ0) is 18.5. The Labute approximate surface area is 137 Å². The van der Waals surface area contributed by atoms with Crippen molar-refractivity contribution in [2.24, 2.45) is 0 Å². The topological polar surface area (TPSA) is 121 Å². The third-order valence-corrected chi connectivity index (χ3v) is 2.68. The van der Waals surface area contributed by atoms with Gasteiger partial charge in [-0.25, -0.2) is 14.0 Å². The standard InChI is InChI=1S/C14H18FN3O6/c1-14(2,3)24-13(20)17-10(12(19)23-4)6-8-5-9(15)7-16-11(8)18(21)22/h5,7,10H,6H2,1-4H3,(H,17,20)/t10-/m0/s1. The van der Waals surface area contributed by atoms with Gasteiger partial charge in [-0.1, -0.05) is 0 Å². The predicted molar refractivity (Wildman–Crippen MR) is 79.7 cm³/mol. The third-order valence-electron chi connectivity index (χ3n) is 2.68. The maximum atomic E-state index is 13.3. The fourth-order valence-corrected chi connectivity index (χ4v) is 1.79. The minimum atomic E-state index is -1.30. The number of carbonyl (C=O) groups is 2. The van der Waals surface area contributed by atoms with Crippen LogP contribution < -0.4 is 5.32 Å². The zero-order valence-corrected chi connectivity index (χ0v) is 13.7. The van der Waals surface area contributed by atoms with Gasteiger partial charge in [-0.05, 0) is 36.7 Å². The largest absolute Gasteiger partial charge is 0.467 e. The van der Waals surface area contributed by atoms with Gasteiger partial charge in [-0.15, -0.1) is 0 Å². The average Bonchev–Trinajstić information content (AvgIpc) is 2.43. The average molecular weight is 343 g/mol. The number of hydrogen-bond donors (Lipinski definition) is 1. The second-order valence-electron chi connectivity index (χ2n) is 5.82. The van der Waals surface area contributed by atoms with Gasteiger partial charge < -0.3 is 24.9 Å². The van der Waals surface area contributed by atoms with E-state index in [1.54, 1.807) is 20.8 Å². The summed E-state index contributed by atoms with van der Waals surface area (Å²) in [6.07, 6.45) is -0.604. The molecule has 1 atom stereocenters. The number of halogens is 1. The number of ether oxygens (including phenoxy) is 2. The quantitative estimate of drug-likeness (QED) is 0.491. The van der Waals surface area contributed by atoms with Crippen molar-refractivity contribution in [3.63, 3.8) is 0 Å². The van der Waals surface area contributed by atoms with Crippen LogP contribution in [0.25, 0.3) is 0 Å². The minimum absolute atomic E-state index is 0.161. The summed E-state index contributed by atoms with van der Waals surface area (Å²) in [6, 6.07) is -0.426. The van der Waals surface area contributed by atoms with E-state index >= 15 is 0 Å². The number of methoxy groups -OCH3 is 1. The SMILES string of the molecule is COC(=O)[C@H](Cc1cc(F)cnc1[N+](=O)[O-])NC(=O)OC(C)(C)C. The van der Waals surface area contributed by atoms with Gasteiger partial charge in [-0.2, -0.15) is 0 Å². The number of hydrogen-bond acceptors (Lipinski definition) is 7. The highest BCUT2D eigenvalue weighted by Gasteiger charge is 2.28. The van der Waals surface area contributed by atoms with E-state index in [9.17, 15) is 24.1 Å². The Kier molecular flexibility index (Phi) is 6.15. The van der Waals surface area contributed by atoms with Crippen LogP contribution in [-0.2, 0) is 20.7 Å². The highest BCUT2D eigenvalue weighted by Crippen LogP contribution is 2.18.